The summed E-state index contributed by atoms with van der Waals surface area (Å²) in [5.41, 5.74) is 0.450. The summed E-state index contributed by atoms with van der Waals surface area (Å²) in [5, 5.41) is 0.411. The fraction of sp³-hybridized carbons (Fsp3) is 0.588. The fourth-order valence-corrected chi connectivity index (χ4v) is 3.46. The first-order valence-corrected chi connectivity index (χ1v) is 8.25. The van der Waals surface area contributed by atoms with Crippen molar-refractivity contribution in [3.8, 4) is 0 Å². The van der Waals surface area contributed by atoms with Gasteiger partial charge in [0.25, 0.3) is 0 Å². The summed E-state index contributed by atoms with van der Waals surface area (Å²) in [4.78, 5) is 14.4. The van der Waals surface area contributed by atoms with Crippen LogP contribution in [-0.4, -0.2) is 16.8 Å². The van der Waals surface area contributed by atoms with Crippen molar-refractivity contribution in [2.45, 2.75) is 57.5 Å². The van der Waals surface area contributed by atoms with Crippen LogP contribution in [0.3, 0.4) is 0 Å². The predicted molar refractivity (Wildman–Crippen MR) is 81.6 cm³/mol. The third-order valence-corrected chi connectivity index (χ3v) is 4.99. The highest BCUT2D eigenvalue weighted by atomic mass is 35.5. The van der Waals surface area contributed by atoms with Crippen LogP contribution >= 0.6 is 11.6 Å². The third kappa shape index (κ3) is 3.57. The van der Waals surface area contributed by atoms with Crippen molar-refractivity contribution in [1.82, 2.24) is 4.90 Å². The molecular weight excluding hydrogens is 289 g/mol. The summed E-state index contributed by atoms with van der Waals surface area (Å²) in [6, 6.07) is 4.98. The normalized spacial score (nSPS) is 19.0. The molecule has 0 unspecified atom stereocenters. The molecule has 2 saturated carbocycles. The molecule has 0 atom stereocenters. The van der Waals surface area contributed by atoms with Crippen LogP contribution in [-0.2, 0) is 11.3 Å². The molecule has 2 nitrogen and oxygen atoms in total. The Hall–Kier alpha value is -1.09. The zero-order valence-corrected chi connectivity index (χ0v) is 12.9. The maximum Gasteiger partial charge on any atom is 0.223 e. The van der Waals surface area contributed by atoms with E-state index in [0.717, 1.165) is 25.7 Å². The molecule has 114 valence electrons. The summed E-state index contributed by atoms with van der Waals surface area (Å²) < 4.78 is 13.9. The van der Waals surface area contributed by atoms with E-state index in [9.17, 15) is 9.18 Å². The summed E-state index contributed by atoms with van der Waals surface area (Å²) >= 11 is 6.10. The Morgan fingerprint density at radius 3 is 2.57 bits per heavy atom. The molecule has 4 heteroatoms. The van der Waals surface area contributed by atoms with E-state index in [-0.39, 0.29) is 17.8 Å². The van der Waals surface area contributed by atoms with Gasteiger partial charge in [0.05, 0.1) is 6.54 Å². The second kappa shape index (κ2) is 6.35. The monoisotopic (exact) mass is 309 g/mol. The second-order valence-electron chi connectivity index (χ2n) is 6.31. The van der Waals surface area contributed by atoms with Gasteiger partial charge in [0.15, 0.2) is 0 Å². The highest BCUT2D eigenvalue weighted by Crippen LogP contribution is 2.34. The van der Waals surface area contributed by atoms with Crippen molar-refractivity contribution in [2.75, 3.05) is 0 Å². The summed E-state index contributed by atoms with van der Waals surface area (Å²) in [7, 11) is 0. The second-order valence-corrected chi connectivity index (χ2v) is 6.71. The lowest BCUT2D eigenvalue weighted by Crippen LogP contribution is -2.34. The average Bonchev–Trinajstić information content (AvgIpc) is 3.16. The van der Waals surface area contributed by atoms with E-state index >= 15 is 0 Å². The largest absolute Gasteiger partial charge is 0.335 e. The molecule has 0 N–H and O–H groups in total. The number of amides is 1. The minimum Gasteiger partial charge on any atom is -0.335 e. The molecule has 2 aliphatic carbocycles. The lowest BCUT2D eigenvalue weighted by atomic mass is 10.0. The molecule has 2 aliphatic rings. The van der Waals surface area contributed by atoms with E-state index in [1.807, 2.05) is 4.90 Å². The topological polar surface area (TPSA) is 20.3 Å². The van der Waals surface area contributed by atoms with Gasteiger partial charge < -0.3 is 4.90 Å². The number of rotatable bonds is 5. The van der Waals surface area contributed by atoms with Crippen molar-refractivity contribution >= 4 is 17.5 Å². The van der Waals surface area contributed by atoms with E-state index in [2.05, 4.69) is 0 Å². The van der Waals surface area contributed by atoms with Gasteiger partial charge in [-0.15, -0.1) is 0 Å². The minimum absolute atomic E-state index is 0.170. The maximum atomic E-state index is 13.9. The van der Waals surface area contributed by atoms with Crippen LogP contribution in [0.4, 0.5) is 4.39 Å². The highest BCUT2D eigenvalue weighted by molar-refractivity contribution is 6.31. The van der Waals surface area contributed by atoms with Gasteiger partial charge >= 0.3 is 0 Å². The third-order valence-electron chi connectivity index (χ3n) is 4.64. The van der Waals surface area contributed by atoms with Crippen molar-refractivity contribution in [3.63, 3.8) is 0 Å². The van der Waals surface area contributed by atoms with E-state index < -0.39 is 0 Å². The first kappa shape index (κ1) is 14.8. The first-order valence-electron chi connectivity index (χ1n) is 7.87. The average molecular weight is 310 g/mol. The minimum atomic E-state index is -0.318. The molecule has 0 aromatic heterocycles. The van der Waals surface area contributed by atoms with Crippen LogP contribution < -0.4 is 0 Å². The molecule has 0 radical (unpaired) electrons. The van der Waals surface area contributed by atoms with Gasteiger partial charge in [0, 0.05) is 23.0 Å². The lowest BCUT2D eigenvalue weighted by Gasteiger charge is -2.25. The van der Waals surface area contributed by atoms with Gasteiger partial charge in [-0.05, 0) is 43.7 Å². The van der Waals surface area contributed by atoms with Crippen LogP contribution in [0, 0.1) is 11.7 Å². The number of hydrogen-bond donors (Lipinski definition) is 0. The SMILES string of the molecule is O=C(CC1CCCC1)N(Cc1c(F)cccc1Cl)C1CC1. The van der Waals surface area contributed by atoms with Gasteiger partial charge in [-0.2, -0.15) is 0 Å². The molecule has 1 aromatic carbocycles. The van der Waals surface area contributed by atoms with Crippen LogP contribution in [0.15, 0.2) is 18.2 Å². The molecule has 0 heterocycles. The van der Waals surface area contributed by atoms with Crippen LogP contribution in [0.2, 0.25) is 5.02 Å². The summed E-state index contributed by atoms with van der Waals surface area (Å²) in [6.07, 6.45) is 7.46. The van der Waals surface area contributed by atoms with Crippen molar-refractivity contribution in [1.29, 1.82) is 0 Å². The van der Waals surface area contributed by atoms with Crippen LogP contribution in [0.25, 0.3) is 0 Å². The number of nitrogens with zero attached hydrogens (tertiary/aromatic N) is 1. The molecule has 21 heavy (non-hydrogen) atoms. The fourth-order valence-electron chi connectivity index (χ4n) is 3.24. The Bertz CT molecular complexity index is 503. The van der Waals surface area contributed by atoms with Gasteiger partial charge in [-0.3, -0.25) is 4.79 Å². The predicted octanol–water partition coefficient (Wildman–Crippen LogP) is 4.55. The van der Waals surface area contributed by atoms with Crippen LogP contribution in [0.5, 0.6) is 0 Å². The van der Waals surface area contributed by atoms with E-state index in [1.54, 1.807) is 12.1 Å². The van der Waals surface area contributed by atoms with Gasteiger partial charge in [0.1, 0.15) is 5.82 Å². The van der Waals surface area contributed by atoms with Gasteiger partial charge in [-0.25, -0.2) is 4.39 Å². The highest BCUT2D eigenvalue weighted by Gasteiger charge is 2.34. The quantitative estimate of drug-likeness (QED) is 0.781. The zero-order chi connectivity index (χ0) is 14.8. The molecule has 3 rings (SSSR count). The molecule has 1 amide bonds. The molecule has 0 bridgehead atoms. The maximum absolute atomic E-state index is 13.9. The number of hydrogen-bond acceptors (Lipinski definition) is 1. The van der Waals surface area contributed by atoms with Crippen molar-refractivity contribution in [3.05, 3.63) is 34.6 Å². The molecule has 0 spiro atoms. The standard InChI is InChI=1S/C17H21ClFNO/c18-15-6-3-7-16(19)14(15)11-20(13-8-9-13)17(21)10-12-4-1-2-5-12/h3,6-7,12-13H,1-2,4-5,8-11H2. The Kier molecular flexibility index (Phi) is 4.48. The summed E-state index contributed by atoms with van der Waals surface area (Å²) in [5.74, 6) is 0.375. The molecule has 0 saturated heterocycles. The van der Waals surface area contributed by atoms with E-state index in [1.165, 1.54) is 18.9 Å². The number of carbonyl (C=O) groups excluding carboxylic acids is 1. The Labute approximate surface area is 130 Å². The zero-order valence-electron chi connectivity index (χ0n) is 12.2. The molecule has 2 fully saturated rings. The smallest absolute Gasteiger partial charge is 0.223 e. The molecule has 1 aromatic rings. The first-order chi connectivity index (χ1) is 10.1. The van der Waals surface area contributed by atoms with Gasteiger partial charge in [-0.1, -0.05) is 30.5 Å². The van der Waals surface area contributed by atoms with Gasteiger partial charge in [0.2, 0.25) is 5.91 Å². The van der Waals surface area contributed by atoms with Crippen molar-refractivity contribution in [2.24, 2.45) is 5.92 Å². The Morgan fingerprint density at radius 2 is 1.95 bits per heavy atom. The van der Waals surface area contributed by atoms with E-state index in [0.29, 0.717) is 29.5 Å². The number of carbonyl (C=O) groups is 1. The summed E-state index contributed by atoms with van der Waals surface area (Å²) in [6.45, 7) is 0.307. The van der Waals surface area contributed by atoms with Crippen molar-refractivity contribution < 1.29 is 9.18 Å². The number of benzene rings is 1. The van der Waals surface area contributed by atoms with Crippen LogP contribution in [0.1, 0.15) is 50.5 Å². The molecule has 0 aliphatic heterocycles. The lowest BCUT2D eigenvalue weighted by molar-refractivity contribution is -0.133. The molecular formula is C17H21ClFNO. The number of halogens is 2. The Morgan fingerprint density at radius 1 is 1.24 bits per heavy atom. The Balaban J connectivity index is 1.71. The van der Waals surface area contributed by atoms with E-state index in [4.69, 9.17) is 11.6 Å².